The van der Waals surface area contributed by atoms with E-state index in [1.54, 1.807) is 60.8 Å². The minimum Gasteiger partial charge on any atom is -0.493 e. The highest BCUT2D eigenvalue weighted by molar-refractivity contribution is 7.89. The Hall–Kier alpha value is -3.76. The Kier molecular flexibility index (Phi) is 6.90. The predicted molar refractivity (Wildman–Crippen MR) is 124 cm³/mol. The van der Waals surface area contributed by atoms with Crippen molar-refractivity contribution < 1.29 is 22.3 Å². The maximum atomic E-state index is 13.1. The van der Waals surface area contributed by atoms with Gasteiger partial charge in [0.2, 0.25) is 10.0 Å². The molecule has 4 rings (SSSR count). The van der Waals surface area contributed by atoms with Gasteiger partial charge >= 0.3 is 0 Å². The van der Waals surface area contributed by atoms with E-state index in [4.69, 9.17) is 9.47 Å². The van der Waals surface area contributed by atoms with Crippen molar-refractivity contribution in [3.8, 4) is 17.2 Å². The monoisotopic (exact) mass is 482 g/mol. The van der Waals surface area contributed by atoms with Crippen molar-refractivity contribution in [3.63, 3.8) is 0 Å². The van der Waals surface area contributed by atoms with Crippen LogP contribution < -0.4 is 14.2 Å². The van der Waals surface area contributed by atoms with Gasteiger partial charge in [0.1, 0.15) is 18.1 Å². The molecule has 10 heteroatoms. The van der Waals surface area contributed by atoms with Crippen molar-refractivity contribution in [2.75, 3.05) is 7.11 Å². The average molecular weight is 483 g/mol. The summed E-state index contributed by atoms with van der Waals surface area (Å²) in [6.45, 7) is 2.13. The standard InChI is InChI=1S/C24H23FN4O4S/c1-17-3-10-22(11-4-17)34(30,31)26-14-18-5-12-23(24(13-18)32-2)33-16-20-15-29(28-27-20)21-8-6-19(25)7-9-21/h3-13,15,26H,14,16H2,1-2H3. The molecule has 0 aliphatic rings. The van der Waals surface area contributed by atoms with E-state index in [9.17, 15) is 12.8 Å². The highest BCUT2D eigenvalue weighted by Crippen LogP contribution is 2.29. The Balaban J connectivity index is 1.39. The zero-order chi connectivity index (χ0) is 24.1. The summed E-state index contributed by atoms with van der Waals surface area (Å²) in [6, 6.07) is 17.7. The van der Waals surface area contributed by atoms with Crippen LogP contribution in [0.15, 0.2) is 77.8 Å². The van der Waals surface area contributed by atoms with Gasteiger partial charge in [0.25, 0.3) is 0 Å². The number of rotatable bonds is 9. The number of methoxy groups -OCH3 is 1. The number of aromatic nitrogens is 3. The number of nitrogens with zero attached hydrogens (tertiary/aromatic N) is 3. The minimum absolute atomic E-state index is 0.0961. The first-order valence-corrected chi connectivity index (χ1v) is 11.9. The van der Waals surface area contributed by atoms with Gasteiger partial charge in [-0.25, -0.2) is 22.2 Å². The number of aryl methyl sites for hydroxylation is 1. The van der Waals surface area contributed by atoms with Gasteiger partial charge in [-0.3, -0.25) is 0 Å². The van der Waals surface area contributed by atoms with Gasteiger partial charge in [-0.15, -0.1) is 5.10 Å². The van der Waals surface area contributed by atoms with Crippen LogP contribution in [-0.4, -0.2) is 30.5 Å². The van der Waals surface area contributed by atoms with Crippen LogP contribution in [0, 0.1) is 12.7 Å². The lowest BCUT2D eigenvalue weighted by Gasteiger charge is -2.12. The van der Waals surface area contributed by atoms with E-state index in [0.29, 0.717) is 28.4 Å². The highest BCUT2D eigenvalue weighted by Gasteiger charge is 2.14. The van der Waals surface area contributed by atoms with Gasteiger partial charge in [-0.2, -0.15) is 0 Å². The second-order valence-corrected chi connectivity index (χ2v) is 9.31. The Morgan fingerprint density at radius 2 is 1.74 bits per heavy atom. The summed E-state index contributed by atoms with van der Waals surface area (Å²) in [6.07, 6.45) is 1.69. The van der Waals surface area contributed by atoms with Crippen LogP contribution in [0.5, 0.6) is 11.5 Å². The fraction of sp³-hybridized carbons (Fsp3) is 0.167. The lowest BCUT2D eigenvalue weighted by Crippen LogP contribution is -2.23. The van der Waals surface area contributed by atoms with E-state index in [2.05, 4.69) is 15.0 Å². The van der Waals surface area contributed by atoms with Crippen LogP contribution in [0.25, 0.3) is 5.69 Å². The summed E-state index contributed by atoms with van der Waals surface area (Å²) in [5.74, 6) is 0.604. The van der Waals surface area contributed by atoms with Gasteiger partial charge < -0.3 is 9.47 Å². The quantitative estimate of drug-likeness (QED) is 0.390. The van der Waals surface area contributed by atoms with E-state index in [-0.39, 0.29) is 23.9 Å². The number of hydrogen-bond donors (Lipinski definition) is 1. The molecule has 0 fully saturated rings. The fourth-order valence-corrected chi connectivity index (χ4v) is 4.17. The molecule has 8 nitrogen and oxygen atoms in total. The molecular formula is C24H23FN4O4S. The molecule has 0 amide bonds. The Morgan fingerprint density at radius 1 is 1.00 bits per heavy atom. The minimum atomic E-state index is -3.63. The van der Waals surface area contributed by atoms with Crippen molar-refractivity contribution in [3.05, 3.63) is 95.6 Å². The zero-order valence-electron chi connectivity index (χ0n) is 18.6. The fourth-order valence-electron chi connectivity index (χ4n) is 3.16. The van der Waals surface area contributed by atoms with Crippen LogP contribution in [0.2, 0.25) is 0 Å². The molecule has 0 aliphatic heterocycles. The first-order valence-electron chi connectivity index (χ1n) is 10.4. The van der Waals surface area contributed by atoms with Crippen molar-refractivity contribution in [1.29, 1.82) is 0 Å². The molecule has 0 unspecified atom stereocenters. The van der Waals surface area contributed by atoms with Crippen molar-refractivity contribution in [2.24, 2.45) is 0 Å². The maximum absolute atomic E-state index is 13.1. The average Bonchev–Trinajstić information content (AvgIpc) is 3.31. The molecule has 4 aromatic rings. The third kappa shape index (κ3) is 5.59. The summed E-state index contributed by atoms with van der Waals surface area (Å²) < 4.78 is 53.5. The molecule has 1 aromatic heterocycles. The number of halogens is 1. The first kappa shape index (κ1) is 23.4. The molecular weight excluding hydrogens is 459 g/mol. The molecule has 0 radical (unpaired) electrons. The van der Waals surface area contributed by atoms with Gasteiger partial charge in [-0.1, -0.05) is 29.0 Å². The van der Waals surface area contributed by atoms with Crippen LogP contribution >= 0.6 is 0 Å². The smallest absolute Gasteiger partial charge is 0.240 e. The van der Waals surface area contributed by atoms with E-state index >= 15 is 0 Å². The second-order valence-electron chi connectivity index (χ2n) is 7.54. The second kappa shape index (κ2) is 10.0. The lowest BCUT2D eigenvalue weighted by atomic mass is 10.2. The largest absolute Gasteiger partial charge is 0.493 e. The molecule has 1 N–H and O–H groups in total. The third-order valence-corrected chi connectivity index (χ3v) is 6.45. The number of ether oxygens (including phenoxy) is 2. The van der Waals surface area contributed by atoms with E-state index in [1.165, 1.54) is 23.9 Å². The zero-order valence-corrected chi connectivity index (χ0v) is 19.4. The van der Waals surface area contributed by atoms with Gasteiger partial charge in [0.05, 0.1) is 23.9 Å². The van der Waals surface area contributed by atoms with Crippen LogP contribution in [0.4, 0.5) is 4.39 Å². The molecule has 176 valence electrons. The Labute approximate surface area is 197 Å². The first-order chi connectivity index (χ1) is 16.3. The molecule has 0 spiro atoms. The van der Waals surface area contributed by atoms with Crippen LogP contribution in [-0.2, 0) is 23.2 Å². The Morgan fingerprint density at radius 3 is 2.44 bits per heavy atom. The molecule has 0 saturated carbocycles. The van der Waals surface area contributed by atoms with Crippen molar-refractivity contribution >= 4 is 10.0 Å². The van der Waals surface area contributed by atoms with Crippen molar-refractivity contribution in [2.45, 2.75) is 25.0 Å². The number of nitrogens with one attached hydrogen (secondary N) is 1. The summed E-state index contributed by atoms with van der Waals surface area (Å²) in [7, 11) is -2.13. The van der Waals surface area contributed by atoms with Crippen LogP contribution in [0.3, 0.4) is 0 Å². The molecule has 0 bridgehead atoms. The van der Waals surface area contributed by atoms with Gasteiger partial charge in [-0.05, 0) is 61.0 Å². The number of sulfonamides is 1. The molecule has 3 aromatic carbocycles. The molecule has 0 aliphatic carbocycles. The molecule has 0 atom stereocenters. The normalized spacial score (nSPS) is 11.4. The summed E-state index contributed by atoms with van der Waals surface area (Å²) in [5, 5.41) is 8.10. The number of benzene rings is 3. The lowest BCUT2D eigenvalue weighted by molar-refractivity contribution is 0.280. The topological polar surface area (TPSA) is 95.3 Å². The summed E-state index contributed by atoms with van der Waals surface area (Å²) in [4.78, 5) is 0.207. The molecule has 1 heterocycles. The maximum Gasteiger partial charge on any atom is 0.240 e. The summed E-state index contributed by atoms with van der Waals surface area (Å²) in [5.41, 5.74) is 2.94. The van der Waals surface area contributed by atoms with Crippen molar-refractivity contribution in [1.82, 2.24) is 19.7 Å². The van der Waals surface area contributed by atoms with Gasteiger partial charge in [0.15, 0.2) is 11.5 Å². The summed E-state index contributed by atoms with van der Waals surface area (Å²) >= 11 is 0. The van der Waals surface area contributed by atoms with Crippen LogP contribution in [0.1, 0.15) is 16.8 Å². The molecule has 0 saturated heterocycles. The van der Waals surface area contributed by atoms with Gasteiger partial charge in [0, 0.05) is 6.54 Å². The third-order valence-electron chi connectivity index (χ3n) is 5.03. The molecule has 34 heavy (non-hydrogen) atoms. The highest BCUT2D eigenvalue weighted by atomic mass is 32.2. The van der Waals surface area contributed by atoms with E-state index < -0.39 is 10.0 Å². The Bertz CT molecular complexity index is 1370. The van der Waals surface area contributed by atoms with E-state index in [0.717, 1.165) is 5.56 Å². The van der Waals surface area contributed by atoms with E-state index in [1.807, 2.05) is 6.92 Å². The number of hydrogen-bond acceptors (Lipinski definition) is 6. The predicted octanol–water partition coefficient (Wildman–Crippen LogP) is 3.78. The SMILES string of the molecule is COc1cc(CNS(=O)(=O)c2ccc(C)cc2)ccc1OCc1cn(-c2ccc(F)cc2)nn1.